The van der Waals surface area contributed by atoms with Gasteiger partial charge in [-0.05, 0) is 36.8 Å². The number of hydrogen-bond acceptors (Lipinski definition) is 9. The van der Waals surface area contributed by atoms with Gasteiger partial charge >= 0.3 is 12.1 Å². The predicted octanol–water partition coefficient (Wildman–Crippen LogP) is 2.05. The Morgan fingerprint density at radius 2 is 1.81 bits per heavy atom. The number of amides is 1. The Morgan fingerprint density at radius 1 is 1.14 bits per heavy atom. The Hall–Kier alpha value is -3.37. The molecular formula is C21H23F3N6O5S2. The zero-order valence-electron chi connectivity index (χ0n) is 19.5. The smallest absolute Gasteiger partial charge is 0.475 e. The Kier molecular flexibility index (Phi) is 8.98. The average Bonchev–Trinajstić information content (AvgIpc) is 3.33. The first-order valence-electron chi connectivity index (χ1n) is 10.8. The highest BCUT2D eigenvalue weighted by atomic mass is 32.2. The number of hydrogen-bond donors (Lipinski definition) is 2. The number of carbonyl (C=O) groups is 2. The lowest BCUT2D eigenvalue weighted by atomic mass is 10.2. The first kappa shape index (κ1) is 28.2. The van der Waals surface area contributed by atoms with E-state index < -0.39 is 22.2 Å². The molecule has 2 aromatic heterocycles. The first-order chi connectivity index (χ1) is 17.4. The monoisotopic (exact) mass is 560 g/mol. The van der Waals surface area contributed by atoms with Crippen molar-refractivity contribution < 1.29 is 36.3 Å². The number of anilines is 1. The van der Waals surface area contributed by atoms with E-state index in [1.165, 1.54) is 6.07 Å². The van der Waals surface area contributed by atoms with Crippen molar-refractivity contribution in [1.82, 2.24) is 23.4 Å². The number of aromatic nitrogens is 3. The van der Waals surface area contributed by atoms with Crippen molar-refractivity contribution in [3.05, 3.63) is 42.1 Å². The van der Waals surface area contributed by atoms with Crippen molar-refractivity contribution in [3.8, 4) is 0 Å². The SMILES string of the molecule is Cc1ccnc(N2CCN(C(=O)CCNS(=O)(=O)c3cccc4nsnc34)CC2)c1.O=C(O)C(F)(F)F. The number of aliphatic carboxylic acids is 1. The Morgan fingerprint density at radius 3 is 2.43 bits per heavy atom. The highest BCUT2D eigenvalue weighted by Crippen LogP contribution is 2.21. The number of aryl methyl sites for hydroxylation is 1. The Labute approximate surface area is 214 Å². The second-order valence-electron chi connectivity index (χ2n) is 7.90. The maximum Gasteiger partial charge on any atom is 0.490 e. The number of alkyl halides is 3. The lowest BCUT2D eigenvalue weighted by molar-refractivity contribution is -0.192. The molecule has 3 aromatic rings. The summed E-state index contributed by atoms with van der Waals surface area (Å²) in [5.74, 6) is -1.91. The summed E-state index contributed by atoms with van der Waals surface area (Å²) in [6.45, 7) is 4.64. The predicted molar refractivity (Wildman–Crippen MR) is 129 cm³/mol. The Bertz CT molecular complexity index is 1360. The van der Waals surface area contributed by atoms with E-state index >= 15 is 0 Å². The molecule has 0 saturated carbocycles. The van der Waals surface area contributed by atoms with Crippen molar-refractivity contribution in [2.45, 2.75) is 24.4 Å². The molecule has 1 fully saturated rings. The van der Waals surface area contributed by atoms with Gasteiger partial charge in [0.05, 0.1) is 11.7 Å². The highest BCUT2D eigenvalue weighted by molar-refractivity contribution is 7.89. The summed E-state index contributed by atoms with van der Waals surface area (Å²) in [7, 11) is -3.77. The van der Waals surface area contributed by atoms with Crippen molar-refractivity contribution >= 4 is 50.5 Å². The van der Waals surface area contributed by atoms with Gasteiger partial charge in [-0.1, -0.05) is 6.07 Å². The zero-order valence-corrected chi connectivity index (χ0v) is 21.1. The number of carboxylic acids is 1. The largest absolute Gasteiger partial charge is 0.490 e. The fourth-order valence-corrected chi connectivity index (χ4v) is 5.20. The van der Waals surface area contributed by atoms with Gasteiger partial charge in [0.15, 0.2) is 0 Å². The summed E-state index contributed by atoms with van der Waals surface area (Å²) < 4.78 is 67.6. The number of piperazine rings is 1. The van der Waals surface area contributed by atoms with Crippen LogP contribution in [0.1, 0.15) is 12.0 Å². The van der Waals surface area contributed by atoms with Crippen LogP contribution in [-0.2, 0) is 19.6 Å². The molecular weight excluding hydrogens is 537 g/mol. The minimum Gasteiger partial charge on any atom is -0.475 e. The van der Waals surface area contributed by atoms with Gasteiger partial charge in [0.2, 0.25) is 15.9 Å². The van der Waals surface area contributed by atoms with Gasteiger partial charge in [0.1, 0.15) is 21.7 Å². The van der Waals surface area contributed by atoms with Crippen LogP contribution in [0.4, 0.5) is 19.0 Å². The minimum absolute atomic E-state index is 0.0365. The van der Waals surface area contributed by atoms with Gasteiger partial charge in [-0.15, -0.1) is 0 Å². The summed E-state index contributed by atoms with van der Waals surface area (Å²) in [6, 6.07) is 8.83. The van der Waals surface area contributed by atoms with Crippen LogP contribution in [0, 0.1) is 6.92 Å². The van der Waals surface area contributed by atoms with E-state index in [0.29, 0.717) is 37.2 Å². The van der Waals surface area contributed by atoms with E-state index in [1.807, 2.05) is 19.1 Å². The summed E-state index contributed by atoms with van der Waals surface area (Å²) in [4.78, 5) is 29.8. The number of halogens is 3. The fourth-order valence-electron chi connectivity index (χ4n) is 3.40. The van der Waals surface area contributed by atoms with Crippen LogP contribution in [0.15, 0.2) is 41.4 Å². The number of pyridine rings is 1. The van der Waals surface area contributed by atoms with Gasteiger partial charge in [-0.2, -0.15) is 21.9 Å². The number of benzene rings is 1. The lowest BCUT2D eigenvalue weighted by Gasteiger charge is -2.35. The normalized spacial score (nSPS) is 14.3. The molecule has 3 heterocycles. The van der Waals surface area contributed by atoms with E-state index in [1.54, 1.807) is 23.2 Å². The van der Waals surface area contributed by atoms with Gasteiger partial charge in [0, 0.05) is 45.3 Å². The fraction of sp³-hybridized carbons (Fsp3) is 0.381. The molecule has 1 saturated heterocycles. The summed E-state index contributed by atoms with van der Waals surface area (Å²) in [5, 5.41) is 7.12. The van der Waals surface area contributed by atoms with E-state index in [0.717, 1.165) is 23.1 Å². The van der Waals surface area contributed by atoms with Crippen LogP contribution in [0.25, 0.3) is 11.0 Å². The molecule has 4 rings (SSSR count). The average molecular weight is 561 g/mol. The molecule has 0 atom stereocenters. The number of nitrogens with zero attached hydrogens (tertiary/aromatic N) is 5. The Balaban J connectivity index is 0.000000479. The van der Waals surface area contributed by atoms with Gasteiger partial charge in [-0.25, -0.2) is 22.9 Å². The second kappa shape index (κ2) is 11.8. The molecule has 1 aliphatic rings. The molecule has 11 nitrogen and oxygen atoms in total. The molecule has 0 unspecified atom stereocenters. The number of nitrogens with one attached hydrogen (secondary N) is 1. The zero-order chi connectivity index (χ0) is 27.2. The molecule has 1 amide bonds. The van der Waals surface area contributed by atoms with Gasteiger partial charge < -0.3 is 14.9 Å². The number of rotatable bonds is 6. The molecule has 0 aliphatic carbocycles. The summed E-state index contributed by atoms with van der Waals surface area (Å²) >= 11 is 0.968. The lowest BCUT2D eigenvalue weighted by Crippen LogP contribution is -2.49. The van der Waals surface area contributed by atoms with Crippen LogP contribution in [0.3, 0.4) is 0 Å². The summed E-state index contributed by atoms with van der Waals surface area (Å²) in [6.07, 6.45) is -3.19. The van der Waals surface area contributed by atoms with E-state index in [9.17, 15) is 26.4 Å². The third-order valence-electron chi connectivity index (χ3n) is 5.27. The minimum atomic E-state index is -5.08. The van der Waals surface area contributed by atoms with Crippen LogP contribution < -0.4 is 9.62 Å². The highest BCUT2D eigenvalue weighted by Gasteiger charge is 2.38. The molecule has 200 valence electrons. The molecule has 16 heteroatoms. The third kappa shape index (κ3) is 7.56. The number of carboxylic acid groups (broad SMARTS) is 1. The van der Waals surface area contributed by atoms with Crippen LogP contribution in [0.2, 0.25) is 0 Å². The van der Waals surface area contributed by atoms with Crippen molar-refractivity contribution in [1.29, 1.82) is 0 Å². The van der Waals surface area contributed by atoms with Crippen LogP contribution in [-0.4, -0.2) is 82.9 Å². The van der Waals surface area contributed by atoms with Gasteiger partial charge in [0.25, 0.3) is 0 Å². The van der Waals surface area contributed by atoms with Gasteiger partial charge in [-0.3, -0.25) is 4.79 Å². The topological polar surface area (TPSA) is 146 Å². The van der Waals surface area contributed by atoms with Crippen molar-refractivity contribution in [2.75, 3.05) is 37.6 Å². The van der Waals surface area contributed by atoms with E-state index in [-0.39, 0.29) is 23.8 Å². The van der Waals surface area contributed by atoms with Crippen LogP contribution >= 0.6 is 11.7 Å². The molecule has 1 aromatic carbocycles. The van der Waals surface area contributed by atoms with Crippen LogP contribution in [0.5, 0.6) is 0 Å². The number of fused-ring (bicyclic) bond motifs is 1. The maximum atomic E-state index is 12.6. The molecule has 37 heavy (non-hydrogen) atoms. The standard InChI is InChI=1S/C19H22N6O3S2.C2HF3O2/c1-14-5-7-20-17(13-14)24-9-11-25(12-10-24)18(26)6-8-21-30(27,28)16-4-2-3-15-19(16)23-29-22-15;3-2(4,5)1(6)7/h2-5,7,13,21H,6,8-12H2,1H3;(H,6,7). The second-order valence-corrected chi connectivity index (χ2v) is 10.2. The molecule has 0 bridgehead atoms. The maximum absolute atomic E-state index is 12.6. The molecule has 0 spiro atoms. The number of carbonyl (C=O) groups excluding carboxylic acids is 1. The van der Waals surface area contributed by atoms with E-state index in [4.69, 9.17) is 9.90 Å². The van der Waals surface area contributed by atoms with Crippen molar-refractivity contribution in [2.24, 2.45) is 0 Å². The molecule has 0 radical (unpaired) electrons. The number of sulfonamides is 1. The van der Waals surface area contributed by atoms with Crippen molar-refractivity contribution in [3.63, 3.8) is 0 Å². The third-order valence-corrected chi connectivity index (χ3v) is 7.30. The molecule has 1 aliphatic heterocycles. The summed E-state index contributed by atoms with van der Waals surface area (Å²) in [5.41, 5.74) is 2.04. The quantitative estimate of drug-likeness (QED) is 0.463. The first-order valence-corrected chi connectivity index (χ1v) is 13.1. The molecule has 2 N–H and O–H groups in total. The van der Waals surface area contributed by atoms with E-state index in [2.05, 4.69) is 23.4 Å².